The molecule has 0 unspecified atom stereocenters. The van der Waals surface area contributed by atoms with Gasteiger partial charge in [-0.25, -0.2) is 0 Å². The lowest BCUT2D eigenvalue weighted by atomic mass is 9.98. The number of rotatable bonds is 4. The van der Waals surface area contributed by atoms with Gasteiger partial charge in [-0.05, 0) is 51.0 Å². The van der Waals surface area contributed by atoms with Gasteiger partial charge in [-0.3, -0.25) is 0 Å². The van der Waals surface area contributed by atoms with Crippen LogP contribution in [0.25, 0.3) is 0 Å². The second-order valence-corrected chi connectivity index (χ2v) is 4.83. The predicted molar refractivity (Wildman–Crippen MR) is 68.2 cm³/mol. The minimum Gasteiger partial charge on any atom is -0.399 e. The first kappa shape index (κ1) is 11.9. The molecule has 0 bridgehead atoms. The lowest BCUT2D eigenvalue weighted by Crippen LogP contribution is -2.30. The molecule has 1 aromatic carbocycles. The maximum absolute atomic E-state index is 5.78. The van der Waals surface area contributed by atoms with Gasteiger partial charge in [0.05, 0.1) is 0 Å². The van der Waals surface area contributed by atoms with Gasteiger partial charge in [-0.1, -0.05) is 13.3 Å². The van der Waals surface area contributed by atoms with Gasteiger partial charge in [0.15, 0.2) is 0 Å². The number of anilines is 2. The van der Waals surface area contributed by atoms with Crippen LogP contribution in [0.15, 0.2) is 18.2 Å². The van der Waals surface area contributed by atoms with Gasteiger partial charge in [0.1, 0.15) is 0 Å². The molecule has 0 aliphatic heterocycles. The lowest BCUT2D eigenvalue weighted by molar-refractivity contribution is 0.511. The maximum atomic E-state index is 5.78. The van der Waals surface area contributed by atoms with E-state index in [9.17, 15) is 0 Å². The summed E-state index contributed by atoms with van der Waals surface area (Å²) in [7, 11) is 0. The van der Waals surface area contributed by atoms with E-state index in [2.05, 4.69) is 32.2 Å². The fourth-order valence-corrected chi connectivity index (χ4v) is 1.83. The highest BCUT2D eigenvalue weighted by molar-refractivity contribution is 5.57. The van der Waals surface area contributed by atoms with Crippen molar-refractivity contribution in [1.82, 2.24) is 0 Å². The Kier molecular flexibility index (Phi) is 3.61. The third kappa shape index (κ3) is 3.46. The van der Waals surface area contributed by atoms with Gasteiger partial charge >= 0.3 is 0 Å². The second kappa shape index (κ2) is 4.56. The summed E-state index contributed by atoms with van der Waals surface area (Å²) in [6.07, 6.45) is 2.35. The van der Waals surface area contributed by atoms with Crippen LogP contribution in [-0.4, -0.2) is 5.54 Å². The minimum absolute atomic E-state index is 0.150. The van der Waals surface area contributed by atoms with Crippen LogP contribution in [-0.2, 0) is 0 Å². The molecule has 0 saturated carbocycles. The SMILES string of the molecule is CCCC(C)(C)Nc1ccc(N)c(C)c1. The van der Waals surface area contributed by atoms with Gasteiger partial charge in [0.25, 0.3) is 0 Å². The number of aryl methyl sites for hydroxylation is 1. The Morgan fingerprint density at radius 2 is 2.00 bits per heavy atom. The lowest BCUT2D eigenvalue weighted by Gasteiger charge is -2.27. The molecule has 0 aliphatic rings. The van der Waals surface area contributed by atoms with Crippen LogP contribution in [0, 0.1) is 6.92 Å². The topological polar surface area (TPSA) is 38.0 Å². The van der Waals surface area contributed by atoms with Crippen molar-refractivity contribution < 1.29 is 0 Å². The van der Waals surface area contributed by atoms with Crippen molar-refractivity contribution in [1.29, 1.82) is 0 Å². The summed E-state index contributed by atoms with van der Waals surface area (Å²) >= 11 is 0. The normalized spacial score (nSPS) is 11.5. The molecule has 0 amide bonds. The Labute approximate surface area is 92.9 Å². The summed E-state index contributed by atoms with van der Waals surface area (Å²) in [4.78, 5) is 0. The molecule has 0 aromatic heterocycles. The van der Waals surface area contributed by atoms with E-state index in [-0.39, 0.29) is 5.54 Å². The number of hydrogen-bond acceptors (Lipinski definition) is 2. The first-order chi connectivity index (χ1) is 6.94. The summed E-state index contributed by atoms with van der Waals surface area (Å²) in [5.41, 5.74) is 9.07. The van der Waals surface area contributed by atoms with E-state index in [4.69, 9.17) is 5.73 Å². The number of nitrogens with one attached hydrogen (secondary N) is 1. The van der Waals surface area contributed by atoms with Crippen molar-refractivity contribution in [2.75, 3.05) is 11.1 Å². The molecule has 1 rings (SSSR count). The van der Waals surface area contributed by atoms with Gasteiger partial charge in [-0.2, -0.15) is 0 Å². The third-order valence-corrected chi connectivity index (χ3v) is 2.63. The largest absolute Gasteiger partial charge is 0.399 e. The monoisotopic (exact) mass is 206 g/mol. The van der Waals surface area contributed by atoms with Gasteiger partial charge in [-0.15, -0.1) is 0 Å². The van der Waals surface area contributed by atoms with Crippen molar-refractivity contribution >= 4 is 11.4 Å². The van der Waals surface area contributed by atoms with Crippen LogP contribution >= 0.6 is 0 Å². The molecule has 2 heteroatoms. The van der Waals surface area contributed by atoms with Crippen LogP contribution in [0.3, 0.4) is 0 Å². The molecule has 1 aromatic rings. The number of nitrogens with two attached hydrogens (primary N) is 1. The molecule has 0 radical (unpaired) electrons. The van der Waals surface area contributed by atoms with Crippen molar-refractivity contribution in [3.63, 3.8) is 0 Å². The Morgan fingerprint density at radius 3 is 2.53 bits per heavy atom. The smallest absolute Gasteiger partial charge is 0.0348 e. The molecule has 15 heavy (non-hydrogen) atoms. The highest BCUT2D eigenvalue weighted by Crippen LogP contribution is 2.22. The summed E-state index contributed by atoms with van der Waals surface area (Å²) in [5, 5.41) is 3.53. The Morgan fingerprint density at radius 1 is 1.33 bits per heavy atom. The minimum atomic E-state index is 0.150. The van der Waals surface area contributed by atoms with Gasteiger partial charge in [0.2, 0.25) is 0 Å². The van der Waals surface area contributed by atoms with E-state index in [0.29, 0.717) is 0 Å². The number of benzene rings is 1. The Bertz CT molecular complexity index is 329. The summed E-state index contributed by atoms with van der Waals surface area (Å²) in [5.74, 6) is 0. The average Bonchev–Trinajstić information content (AvgIpc) is 2.10. The highest BCUT2D eigenvalue weighted by atomic mass is 15.0. The molecule has 3 N–H and O–H groups in total. The first-order valence-corrected chi connectivity index (χ1v) is 5.59. The van der Waals surface area contributed by atoms with Gasteiger partial charge < -0.3 is 11.1 Å². The van der Waals surface area contributed by atoms with Crippen LogP contribution in [0.5, 0.6) is 0 Å². The quantitative estimate of drug-likeness (QED) is 0.739. The molecular formula is C13H22N2. The van der Waals surface area contributed by atoms with E-state index in [1.165, 1.54) is 6.42 Å². The molecule has 0 spiro atoms. The zero-order valence-electron chi connectivity index (χ0n) is 10.2. The predicted octanol–water partition coefficient (Wildman–Crippen LogP) is 3.57. The van der Waals surface area contributed by atoms with Gasteiger partial charge in [0, 0.05) is 16.9 Å². The molecule has 0 heterocycles. The molecular weight excluding hydrogens is 184 g/mol. The fourth-order valence-electron chi connectivity index (χ4n) is 1.83. The molecule has 84 valence electrons. The highest BCUT2D eigenvalue weighted by Gasteiger charge is 2.15. The van der Waals surface area contributed by atoms with Crippen LogP contribution < -0.4 is 11.1 Å². The summed E-state index contributed by atoms with van der Waals surface area (Å²) < 4.78 is 0. The molecule has 0 fully saturated rings. The Hall–Kier alpha value is -1.18. The zero-order valence-corrected chi connectivity index (χ0v) is 10.2. The van der Waals surface area contributed by atoms with Crippen LogP contribution in [0.1, 0.15) is 39.2 Å². The third-order valence-electron chi connectivity index (χ3n) is 2.63. The second-order valence-electron chi connectivity index (χ2n) is 4.83. The van der Waals surface area contributed by atoms with E-state index in [1.807, 2.05) is 19.1 Å². The average molecular weight is 206 g/mol. The van der Waals surface area contributed by atoms with E-state index in [1.54, 1.807) is 0 Å². The van der Waals surface area contributed by atoms with Crippen LogP contribution in [0.4, 0.5) is 11.4 Å². The summed E-state index contributed by atoms with van der Waals surface area (Å²) in [6, 6.07) is 6.10. The Balaban J connectivity index is 2.76. The van der Waals surface area contributed by atoms with E-state index in [0.717, 1.165) is 23.4 Å². The maximum Gasteiger partial charge on any atom is 0.0348 e. The number of nitrogen functional groups attached to an aromatic ring is 1. The molecule has 0 saturated heterocycles. The molecule has 2 nitrogen and oxygen atoms in total. The molecule has 0 atom stereocenters. The zero-order chi connectivity index (χ0) is 11.5. The standard InChI is InChI=1S/C13H22N2/c1-5-8-13(3,4)15-11-6-7-12(14)10(2)9-11/h6-7,9,15H,5,8,14H2,1-4H3. The first-order valence-electron chi connectivity index (χ1n) is 5.59. The summed E-state index contributed by atoms with van der Waals surface area (Å²) in [6.45, 7) is 8.69. The fraction of sp³-hybridized carbons (Fsp3) is 0.538. The van der Waals surface area contributed by atoms with E-state index >= 15 is 0 Å². The van der Waals surface area contributed by atoms with Crippen molar-refractivity contribution in [3.8, 4) is 0 Å². The van der Waals surface area contributed by atoms with E-state index < -0.39 is 0 Å². The van der Waals surface area contributed by atoms with Crippen molar-refractivity contribution in [2.24, 2.45) is 0 Å². The van der Waals surface area contributed by atoms with Crippen molar-refractivity contribution in [3.05, 3.63) is 23.8 Å². The van der Waals surface area contributed by atoms with Crippen molar-refractivity contribution in [2.45, 2.75) is 46.1 Å². The number of hydrogen-bond donors (Lipinski definition) is 2. The molecule has 0 aliphatic carbocycles. The van der Waals surface area contributed by atoms with Crippen LogP contribution in [0.2, 0.25) is 0 Å².